The fourth-order valence-electron chi connectivity index (χ4n) is 3.35. The smallest absolute Gasteiger partial charge is 0.350 e. The summed E-state index contributed by atoms with van der Waals surface area (Å²) in [6.07, 6.45) is 6.56. The summed E-state index contributed by atoms with van der Waals surface area (Å²) < 4.78 is 4.88. The first-order valence-corrected chi connectivity index (χ1v) is 9.45. The molecule has 0 unspecified atom stereocenters. The van der Waals surface area contributed by atoms with Crippen LogP contribution in [-0.4, -0.2) is 25.5 Å². The van der Waals surface area contributed by atoms with Crippen molar-refractivity contribution in [1.82, 2.24) is 0 Å². The third kappa shape index (κ3) is 3.77. The number of ether oxygens (including phenoxy) is 1. The minimum atomic E-state index is -0.346. The number of amides is 1. The number of hydrogen-bond acceptors (Lipinski definition) is 4. The van der Waals surface area contributed by atoms with E-state index in [4.69, 9.17) is 4.74 Å². The summed E-state index contributed by atoms with van der Waals surface area (Å²) in [6.45, 7) is 3.00. The molecule has 0 radical (unpaired) electrons. The van der Waals surface area contributed by atoms with E-state index in [1.54, 1.807) is 0 Å². The third-order valence-electron chi connectivity index (χ3n) is 5.07. The van der Waals surface area contributed by atoms with Crippen molar-refractivity contribution in [3.8, 4) is 0 Å². The number of thiophene rings is 1. The van der Waals surface area contributed by atoms with Crippen LogP contribution in [0, 0.1) is 17.8 Å². The first-order chi connectivity index (χ1) is 11.1. The Morgan fingerprint density at radius 1 is 1.22 bits per heavy atom. The lowest BCUT2D eigenvalue weighted by Gasteiger charge is -2.31. The molecule has 1 aromatic heterocycles. The van der Waals surface area contributed by atoms with Crippen molar-refractivity contribution in [1.29, 1.82) is 0 Å². The molecule has 0 bridgehead atoms. The molecule has 0 aromatic carbocycles. The van der Waals surface area contributed by atoms with Crippen LogP contribution in [0.3, 0.4) is 0 Å². The maximum absolute atomic E-state index is 13.1. The number of rotatable bonds is 5. The van der Waals surface area contributed by atoms with Gasteiger partial charge in [-0.3, -0.25) is 4.79 Å². The van der Waals surface area contributed by atoms with Crippen LogP contribution in [-0.2, 0) is 9.53 Å². The topological polar surface area (TPSA) is 46.6 Å². The molecule has 1 aromatic rings. The summed E-state index contributed by atoms with van der Waals surface area (Å²) in [5.41, 5.74) is 0.748. The molecule has 1 heterocycles. The van der Waals surface area contributed by atoms with Crippen molar-refractivity contribution >= 4 is 28.9 Å². The van der Waals surface area contributed by atoms with Crippen LogP contribution >= 0.6 is 11.3 Å². The monoisotopic (exact) mass is 335 g/mol. The van der Waals surface area contributed by atoms with E-state index in [0.29, 0.717) is 10.8 Å². The first kappa shape index (κ1) is 16.5. The molecule has 23 heavy (non-hydrogen) atoms. The van der Waals surface area contributed by atoms with Crippen LogP contribution in [0.2, 0.25) is 0 Å². The largest absolute Gasteiger partial charge is 0.465 e. The summed E-state index contributed by atoms with van der Waals surface area (Å²) >= 11 is 1.35. The van der Waals surface area contributed by atoms with Crippen LogP contribution in [0.4, 0.5) is 5.69 Å². The highest BCUT2D eigenvalue weighted by atomic mass is 32.1. The van der Waals surface area contributed by atoms with Gasteiger partial charge in [-0.25, -0.2) is 4.79 Å². The van der Waals surface area contributed by atoms with E-state index in [1.807, 2.05) is 16.3 Å². The van der Waals surface area contributed by atoms with E-state index >= 15 is 0 Å². The van der Waals surface area contributed by atoms with Crippen LogP contribution in [0.1, 0.15) is 55.1 Å². The van der Waals surface area contributed by atoms with E-state index in [-0.39, 0.29) is 17.8 Å². The average molecular weight is 335 g/mol. The van der Waals surface area contributed by atoms with Gasteiger partial charge in [0.05, 0.1) is 12.8 Å². The molecule has 3 rings (SSSR count). The zero-order valence-corrected chi connectivity index (χ0v) is 14.7. The summed E-state index contributed by atoms with van der Waals surface area (Å²) in [4.78, 5) is 27.5. The van der Waals surface area contributed by atoms with E-state index in [9.17, 15) is 9.59 Å². The van der Waals surface area contributed by atoms with Gasteiger partial charge in [-0.05, 0) is 61.8 Å². The van der Waals surface area contributed by atoms with Crippen molar-refractivity contribution in [2.75, 3.05) is 18.6 Å². The second-order valence-corrected chi connectivity index (χ2v) is 7.89. The minimum absolute atomic E-state index is 0.107. The van der Waals surface area contributed by atoms with Crippen molar-refractivity contribution in [3.63, 3.8) is 0 Å². The SMILES string of the molecule is COC(=O)c1sccc1N(CC1CC1)C(=O)C1CCC(C)CC1. The number of esters is 1. The van der Waals surface area contributed by atoms with Gasteiger partial charge in [0, 0.05) is 12.5 Å². The zero-order chi connectivity index (χ0) is 16.4. The second-order valence-electron chi connectivity index (χ2n) is 6.98. The van der Waals surface area contributed by atoms with Crippen LogP contribution < -0.4 is 4.90 Å². The number of hydrogen-bond donors (Lipinski definition) is 0. The third-order valence-corrected chi connectivity index (χ3v) is 5.96. The summed E-state index contributed by atoms with van der Waals surface area (Å²) in [5, 5.41) is 1.87. The standard InChI is InChI=1S/C18H25NO3S/c1-12-3-7-14(8-4-12)17(20)19(11-13-5-6-13)15-9-10-23-16(15)18(21)22-2/h9-10,12-14H,3-8,11H2,1-2H3. The molecule has 4 nitrogen and oxygen atoms in total. The molecular weight excluding hydrogens is 310 g/mol. The minimum Gasteiger partial charge on any atom is -0.465 e. The Hall–Kier alpha value is -1.36. The maximum atomic E-state index is 13.1. The molecule has 2 fully saturated rings. The Labute approximate surface area is 141 Å². The molecule has 2 aliphatic carbocycles. The number of nitrogens with zero attached hydrogens (tertiary/aromatic N) is 1. The van der Waals surface area contributed by atoms with Gasteiger partial charge in [0.15, 0.2) is 0 Å². The van der Waals surface area contributed by atoms with Gasteiger partial charge in [0.25, 0.3) is 0 Å². The van der Waals surface area contributed by atoms with Gasteiger partial charge in [-0.1, -0.05) is 6.92 Å². The molecule has 5 heteroatoms. The molecule has 2 aliphatic rings. The van der Waals surface area contributed by atoms with Gasteiger partial charge < -0.3 is 9.64 Å². The van der Waals surface area contributed by atoms with E-state index in [0.717, 1.165) is 43.8 Å². The molecule has 0 N–H and O–H groups in total. The Balaban J connectivity index is 1.81. The van der Waals surface area contributed by atoms with Gasteiger partial charge in [-0.15, -0.1) is 11.3 Å². The Kier molecular flexibility index (Phi) is 5.05. The highest BCUT2D eigenvalue weighted by Crippen LogP contribution is 2.37. The van der Waals surface area contributed by atoms with Gasteiger partial charge >= 0.3 is 5.97 Å². The molecule has 1 amide bonds. The second kappa shape index (κ2) is 7.04. The highest BCUT2D eigenvalue weighted by molar-refractivity contribution is 7.12. The van der Waals surface area contributed by atoms with E-state index in [1.165, 1.54) is 31.3 Å². The molecule has 0 aliphatic heterocycles. The van der Waals surface area contributed by atoms with Gasteiger partial charge in [0.1, 0.15) is 4.88 Å². The van der Waals surface area contributed by atoms with E-state index in [2.05, 4.69) is 6.92 Å². The zero-order valence-electron chi connectivity index (χ0n) is 13.9. The fraction of sp³-hybridized carbons (Fsp3) is 0.667. The lowest BCUT2D eigenvalue weighted by atomic mass is 9.82. The van der Waals surface area contributed by atoms with Crippen LogP contribution in [0.5, 0.6) is 0 Å². The molecule has 0 atom stereocenters. The number of methoxy groups -OCH3 is 1. The van der Waals surface area contributed by atoms with Crippen LogP contribution in [0.25, 0.3) is 0 Å². The Bertz CT molecular complexity index is 571. The average Bonchev–Trinajstić information content (AvgIpc) is 3.26. The molecular formula is C18H25NO3S. The summed E-state index contributed by atoms with van der Waals surface area (Å²) in [7, 11) is 1.39. The predicted octanol–water partition coefficient (Wildman–Crippen LogP) is 4.10. The van der Waals surface area contributed by atoms with Crippen molar-refractivity contribution < 1.29 is 14.3 Å². The van der Waals surface area contributed by atoms with Crippen LogP contribution in [0.15, 0.2) is 11.4 Å². The maximum Gasteiger partial charge on any atom is 0.350 e. The van der Waals surface area contributed by atoms with E-state index < -0.39 is 0 Å². The number of carbonyl (C=O) groups excluding carboxylic acids is 2. The summed E-state index contributed by atoms with van der Waals surface area (Å²) in [6, 6.07) is 1.89. The molecule has 2 saturated carbocycles. The van der Waals surface area contributed by atoms with Gasteiger partial charge in [-0.2, -0.15) is 0 Å². The molecule has 0 spiro atoms. The first-order valence-electron chi connectivity index (χ1n) is 8.57. The quantitative estimate of drug-likeness (QED) is 0.761. The molecule has 126 valence electrons. The molecule has 0 saturated heterocycles. The summed E-state index contributed by atoms with van der Waals surface area (Å²) in [5.74, 6) is 1.28. The lowest BCUT2D eigenvalue weighted by Crippen LogP contribution is -2.39. The highest BCUT2D eigenvalue weighted by Gasteiger charge is 2.34. The van der Waals surface area contributed by atoms with Crippen molar-refractivity contribution in [2.45, 2.75) is 45.4 Å². The van der Waals surface area contributed by atoms with Crippen molar-refractivity contribution in [2.24, 2.45) is 17.8 Å². The van der Waals surface area contributed by atoms with Gasteiger partial charge in [0.2, 0.25) is 5.91 Å². The Morgan fingerprint density at radius 2 is 1.91 bits per heavy atom. The predicted molar refractivity (Wildman–Crippen MR) is 91.9 cm³/mol. The number of carbonyl (C=O) groups is 2. The van der Waals surface area contributed by atoms with Crippen molar-refractivity contribution in [3.05, 3.63) is 16.3 Å². The fourth-order valence-corrected chi connectivity index (χ4v) is 4.17. The normalized spacial score (nSPS) is 24.3. The Morgan fingerprint density at radius 3 is 2.52 bits per heavy atom. The number of anilines is 1. The lowest BCUT2D eigenvalue weighted by molar-refractivity contribution is -0.123.